The first-order chi connectivity index (χ1) is 8.18. The lowest BCUT2D eigenvalue weighted by Gasteiger charge is -2.21. The van der Waals surface area contributed by atoms with Gasteiger partial charge in [-0.15, -0.1) is 0 Å². The van der Waals surface area contributed by atoms with Gasteiger partial charge in [-0.2, -0.15) is 0 Å². The molecular formula is C14H19NO2. The maximum Gasteiger partial charge on any atom is 0.227 e. The van der Waals surface area contributed by atoms with Gasteiger partial charge in [0.1, 0.15) is 0 Å². The van der Waals surface area contributed by atoms with Crippen molar-refractivity contribution in [1.29, 1.82) is 0 Å². The molecule has 3 heteroatoms. The van der Waals surface area contributed by atoms with Crippen molar-refractivity contribution in [3.63, 3.8) is 0 Å². The Morgan fingerprint density at radius 1 is 1.29 bits per heavy atom. The third kappa shape index (κ3) is 2.86. The molecule has 0 bridgehead atoms. The minimum Gasteiger partial charge on any atom is -0.381 e. The molecule has 1 amide bonds. The molecule has 1 aliphatic heterocycles. The smallest absolute Gasteiger partial charge is 0.227 e. The van der Waals surface area contributed by atoms with Gasteiger partial charge in [-0.1, -0.05) is 12.1 Å². The number of hydrogen-bond acceptors (Lipinski definition) is 2. The molecule has 92 valence electrons. The number of anilines is 1. The van der Waals surface area contributed by atoms with Crippen LogP contribution in [0.25, 0.3) is 0 Å². The molecule has 1 aromatic rings. The zero-order valence-electron chi connectivity index (χ0n) is 10.5. The second kappa shape index (κ2) is 5.32. The Bertz CT molecular complexity index is 409. The molecule has 3 nitrogen and oxygen atoms in total. The molecule has 0 aromatic heterocycles. The lowest BCUT2D eigenvalue weighted by molar-refractivity contribution is -0.122. The maximum absolute atomic E-state index is 12.1. The predicted octanol–water partition coefficient (Wildman–Crippen LogP) is 2.67. The summed E-state index contributed by atoms with van der Waals surface area (Å²) in [6.07, 6.45) is 1.66. The maximum atomic E-state index is 12.1. The van der Waals surface area contributed by atoms with Crippen LogP contribution >= 0.6 is 0 Å². The van der Waals surface area contributed by atoms with Gasteiger partial charge in [0.15, 0.2) is 0 Å². The molecule has 0 radical (unpaired) electrons. The van der Waals surface area contributed by atoms with Gasteiger partial charge in [0, 0.05) is 24.8 Å². The van der Waals surface area contributed by atoms with Gasteiger partial charge < -0.3 is 10.1 Å². The average Bonchev–Trinajstić information content (AvgIpc) is 2.36. The fourth-order valence-corrected chi connectivity index (χ4v) is 2.08. The number of carbonyl (C=O) groups is 1. The summed E-state index contributed by atoms with van der Waals surface area (Å²) in [5.41, 5.74) is 3.28. The lowest BCUT2D eigenvalue weighted by Crippen LogP contribution is -2.28. The summed E-state index contributed by atoms with van der Waals surface area (Å²) in [6, 6.07) is 5.99. The van der Waals surface area contributed by atoms with Crippen LogP contribution in [-0.4, -0.2) is 19.1 Å². The van der Waals surface area contributed by atoms with Gasteiger partial charge in [-0.3, -0.25) is 4.79 Å². The molecule has 2 rings (SSSR count). The van der Waals surface area contributed by atoms with Crippen molar-refractivity contribution in [2.75, 3.05) is 18.5 Å². The van der Waals surface area contributed by atoms with Crippen LogP contribution < -0.4 is 5.32 Å². The van der Waals surface area contributed by atoms with E-state index in [1.54, 1.807) is 0 Å². The number of nitrogens with one attached hydrogen (secondary N) is 1. The Labute approximate surface area is 102 Å². The molecule has 0 aliphatic carbocycles. The number of rotatable bonds is 2. The molecule has 0 spiro atoms. The van der Waals surface area contributed by atoms with Gasteiger partial charge in [0.25, 0.3) is 0 Å². The monoisotopic (exact) mass is 233 g/mol. The van der Waals surface area contributed by atoms with E-state index in [2.05, 4.69) is 18.3 Å². The van der Waals surface area contributed by atoms with Crippen LogP contribution in [0.5, 0.6) is 0 Å². The van der Waals surface area contributed by atoms with Crippen LogP contribution in [0.4, 0.5) is 5.69 Å². The van der Waals surface area contributed by atoms with E-state index < -0.39 is 0 Å². The van der Waals surface area contributed by atoms with E-state index in [-0.39, 0.29) is 11.8 Å². The zero-order chi connectivity index (χ0) is 12.3. The summed E-state index contributed by atoms with van der Waals surface area (Å²) >= 11 is 0. The van der Waals surface area contributed by atoms with E-state index >= 15 is 0 Å². The van der Waals surface area contributed by atoms with Gasteiger partial charge in [-0.25, -0.2) is 0 Å². The molecule has 1 fully saturated rings. The van der Waals surface area contributed by atoms with Crippen molar-refractivity contribution >= 4 is 11.6 Å². The molecule has 17 heavy (non-hydrogen) atoms. The fraction of sp³-hybridized carbons (Fsp3) is 0.500. The predicted molar refractivity (Wildman–Crippen MR) is 68.1 cm³/mol. The first kappa shape index (κ1) is 12.1. The first-order valence-corrected chi connectivity index (χ1v) is 6.13. The third-order valence-corrected chi connectivity index (χ3v) is 3.45. The first-order valence-electron chi connectivity index (χ1n) is 6.13. The van der Waals surface area contributed by atoms with E-state index in [9.17, 15) is 4.79 Å². The van der Waals surface area contributed by atoms with Crippen LogP contribution in [0.15, 0.2) is 18.2 Å². The summed E-state index contributed by atoms with van der Waals surface area (Å²) in [5.74, 6) is 0.227. The highest BCUT2D eigenvalue weighted by atomic mass is 16.5. The van der Waals surface area contributed by atoms with Crippen molar-refractivity contribution in [1.82, 2.24) is 0 Å². The standard InChI is InChI=1S/C14H19NO2/c1-10-4-3-5-13(11(10)2)15-14(16)12-6-8-17-9-7-12/h3-5,12H,6-9H2,1-2H3,(H,15,16). The van der Waals surface area contributed by atoms with Gasteiger partial charge >= 0.3 is 0 Å². The molecule has 1 aromatic carbocycles. The highest BCUT2D eigenvalue weighted by Crippen LogP contribution is 2.21. The van der Waals surface area contributed by atoms with Crippen LogP contribution in [0, 0.1) is 19.8 Å². The number of aryl methyl sites for hydroxylation is 1. The van der Waals surface area contributed by atoms with Crippen molar-refractivity contribution < 1.29 is 9.53 Å². The zero-order valence-corrected chi connectivity index (χ0v) is 10.5. The highest BCUT2D eigenvalue weighted by molar-refractivity contribution is 5.93. The Kier molecular flexibility index (Phi) is 3.79. The molecule has 1 heterocycles. The normalized spacial score (nSPS) is 16.8. The molecule has 0 saturated carbocycles. The molecular weight excluding hydrogens is 214 g/mol. The largest absolute Gasteiger partial charge is 0.381 e. The Hall–Kier alpha value is -1.35. The molecule has 1 saturated heterocycles. The van der Waals surface area contributed by atoms with E-state index in [0.717, 1.165) is 24.1 Å². The topological polar surface area (TPSA) is 38.3 Å². The fourth-order valence-electron chi connectivity index (χ4n) is 2.08. The number of ether oxygens (including phenoxy) is 1. The minimum absolute atomic E-state index is 0.101. The van der Waals surface area contributed by atoms with Crippen LogP contribution in [-0.2, 0) is 9.53 Å². The van der Waals surface area contributed by atoms with Crippen LogP contribution in [0.3, 0.4) is 0 Å². The van der Waals surface area contributed by atoms with Gasteiger partial charge in [0.2, 0.25) is 5.91 Å². The van der Waals surface area contributed by atoms with Crippen molar-refractivity contribution in [3.8, 4) is 0 Å². The van der Waals surface area contributed by atoms with E-state index in [0.29, 0.717) is 13.2 Å². The number of benzene rings is 1. The quantitative estimate of drug-likeness (QED) is 0.852. The summed E-state index contributed by atoms with van der Waals surface area (Å²) in [6.45, 7) is 5.49. The summed E-state index contributed by atoms with van der Waals surface area (Å²) < 4.78 is 5.26. The Balaban J connectivity index is 2.04. The molecule has 1 aliphatic rings. The van der Waals surface area contributed by atoms with E-state index in [1.807, 2.05) is 19.1 Å². The van der Waals surface area contributed by atoms with Crippen molar-refractivity contribution in [2.45, 2.75) is 26.7 Å². The highest BCUT2D eigenvalue weighted by Gasteiger charge is 2.21. The van der Waals surface area contributed by atoms with E-state index in [1.165, 1.54) is 5.56 Å². The van der Waals surface area contributed by atoms with Crippen LogP contribution in [0.2, 0.25) is 0 Å². The lowest BCUT2D eigenvalue weighted by atomic mass is 9.99. The Morgan fingerprint density at radius 2 is 2.00 bits per heavy atom. The van der Waals surface area contributed by atoms with Gasteiger partial charge in [-0.05, 0) is 43.9 Å². The second-order valence-electron chi connectivity index (χ2n) is 4.62. The Morgan fingerprint density at radius 3 is 2.71 bits per heavy atom. The van der Waals surface area contributed by atoms with Crippen molar-refractivity contribution in [3.05, 3.63) is 29.3 Å². The average molecular weight is 233 g/mol. The molecule has 0 atom stereocenters. The number of carbonyl (C=O) groups excluding carboxylic acids is 1. The van der Waals surface area contributed by atoms with Crippen molar-refractivity contribution in [2.24, 2.45) is 5.92 Å². The second-order valence-corrected chi connectivity index (χ2v) is 4.62. The molecule has 1 N–H and O–H groups in total. The SMILES string of the molecule is Cc1cccc(NC(=O)C2CCOCC2)c1C. The summed E-state index contributed by atoms with van der Waals surface area (Å²) in [7, 11) is 0. The van der Waals surface area contributed by atoms with Gasteiger partial charge in [0.05, 0.1) is 0 Å². The number of amides is 1. The number of hydrogen-bond donors (Lipinski definition) is 1. The third-order valence-electron chi connectivity index (χ3n) is 3.45. The van der Waals surface area contributed by atoms with E-state index in [4.69, 9.17) is 4.74 Å². The minimum atomic E-state index is 0.101. The van der Waals surface area contributed by atoms with Crippen LogP contribution in [0.1, 0.15) is 24.0 Å². The summed E-state index contributed by atoms with van der Waals surface area (Å²) in [5, 5.41) is 3.03. The molecule has 0 unspecified atom stereocenters. The summed E-state index contributed by atoms with van der Waals surface area (Å²) in [4.78, 5) is 12.1.